The van der Waals surface area contributed by atoms with E-state index in [1.807, 2.05) is 0 Å². The van der Waals surface area contributed by atoms with Crippen LogP contribution in [0.1, 0.15) is 33.3 Å². The topological polar surface area (TPSA) is 151 Å². The molecule has 10 heteroatoms. The Bertz CT molecular complexity index is 784. The van der Waals surface area contributed by atoms with E-state index < -0.39 is 41.9 Å². The number of Topliss-reactive ketones (excluding diaryl/α,β-unsaturated/α-hetero) is 1. The summed E-state index contributed by atoms with van der Waals surface area (Å²) >= 11 is 3.94. The summed E-state index contributed by atoms with van der Waals surface area (Å²) in [5.74, 6) is -1.84. The van der Waals surface area contributed by atoms with Crippen molar-refractivity contribution >= 4 is 36.1 Å². The monoisotopic (exact) mass is 452 g/mol. The van der Waals surface area contributed by atoms with E-state index in [-0.39, 0.29) is 29.6 Å². The molecule has 0 bridgehead atoms. The SMILES string of the molecule is CC(C)C(=O)[C@H](Cc1ccc(O)cc1)NC(=O)[C@H](C)NC(=O)[C@H](C)NC(=O)[C@@H](N)CS. The molecule has 0 aliphatic rings. The van der Waals surface area contributed by atoms with Gasteiger partial charge in [-0.05, 0) is 38.0 Å². The molecule has 0 fully saturated rings. The first-order valence-electron chi connectivity index (χ1n) is 10.0. The maximum atomic E-state index is 12.6. The zero-order valence-electron chi connectivity index (χ0n) is 18.2. The van der Waals surface area contributed by atoms with E-state index in [9.17, 15) is 24.3 Å². The molecule has 1 aromatic carbocycles. The minimum Gasteiger partial charge on any atom is -0.508 e. The predicted octanol–water partition coefficient (Wildman–Crippen LogP) is -0.0889. The number of rotatable bonds is 11. The van der Waals surface area contributed by atoms with E-state index in [1.54, 1.807) is 26.0 Å². The zero-order valence-corrected chi connectivity index (χ0v) is 19.1. The van der Waals surface area contributed by atoms with Gasteiger partial charge in [-0.3, -0.25) is 19.2 Å². The molecule has 0 saturated heterocycles. The Labute approximate surface area is 187 Å². The number of amides is 3. The van der Waals surface area contributed by atoms with Gasteiger partial charge in [0, 0.05) is 11.7 Å². The Morgan fingerprint density at radius 3 is 1.87 bits per heavy atom. The Morgan fingerprint density at radius 1 is 0.903 bits per heavy atom. The summed E-state index contributed by atoms with van der Waals surface area (Å²) in [5, 5.41) is 17.1. The predicted molar refractivity (Wildman–Crippen MR) is 121 cm³/mol. The molecule has 31 heavy (non-hydrogen) atoms. The fourth-order valence-corrected chi connectivity index (χ4v) is 2.83. The third-order valence-electron chi connectivity index (χ3n) is 4.64. The number of aromatic hydroxyl groups is 1. The molecule has 172 valence electrons. The van der Waals surface area contributed by atoms with Gasteiger partial charge in [-0.1, -0.05) is 26.0 Å². The van der Waals surface area contributed by atoms with Crippen molar-refractivity contribution in [1.82, 2.24) is 16.0 Å². The standard InChI is InChI=1S/C21H32N4O5S/c1-11(2)18(27)17(9-14-5-7-15(26)8-6-14)25-20(29)13(4)23-19(28)12(3)24-21(30)16(22)10-31/h5-8,11-13,16-17,26,31H,9-10,22H2,1-4H3,(H,23,28)(H,24,30)(H,25,29)/t12-,13-,16-,17-/m0/s1. The summed E-state index contributed by atoms with van der Waals surface area (Å²) in [5.41, 5.74) is 6.33. The molecule has 0 unspecified atom stereocenters. The molecule has 1 rings (SSSR count). The molecule has 0 spiro atoms. The number of thiol groups is 1. The van der Waals surface area contributed by atoms with Crippen LogP contribution in [0.4, 0.5) is 0 Å². The van der Waals surface area contributed by atoms with Gasteiger partial charge >= 0.3 is 0 Å². The van der Waals surface area contributed by atoms with Crippen molar-refractivity contribution in [2.45, 2.75) is 58.3 Å². The molecule has 0 aliphatic carbocycles. The van der Waals surface area contributed by atoms with Crippen LogP contribution in [-0.2, 0) is 25.6 Å². The van der Waals surface area contributed by atoms with Crippen LogP contribution in [0.2, 0.25) is 0 Å². The summed E-state index contributed by atoms with van der Waals surface area (Å²) < 4.78 is 0. The largest absolute Gasteiger partial charge is 0.508 e. The van der Waals surface area contributed by atoms with E-state index in [1.165, 1.54) is 26.0 Å². The normalized spacial score (nSPS) is 14.8. The first-order valence-corrected chi connectivity index (χ1v) is 10.7. The molecule has 4 atom stereocenters. The second-order valence-corrected chi connectivity index (χ2v) is 8.10. The van der Waals surface area contributed by atoms with Gasteiger partial charge in [-0.15, -0.1) is 0 Å². The maximum absolute atomic E-state index is 12.6. The van der Waals surface area contributed by atoms with Gasteiger partial charge < -0.3 is 26.8 Å². The Hall–Kier alpha value is -2.59. The molecule has 0 heterocycles. The molecule has 1 aromatic rings. The average Bonchev–Trinajstić information content (AvgIpc) is 2.72. The molecular weight excluding hydrogens is 420 g/mol. The van der Waals surface area contributed by atoms with Crippen LogP contribution in [0.3, 0.4) is 0 Å². The van der Waals surface area contributed by atoms with Gasteiger partial charge in [0.1, 0.15) is 17.8 Å². The molecule has 3 amide bonds. The number of benzene rings is 1. The molecule has 0 saturated carbocycles. The highest BCUT2D eigenvalue weighted by molar-refractivity contribution is 7.80. The quantitative estimate of drug-likeness (QED) is 0.258. The fraction of sp³-hybridized carbons (Fsp3) is 0.524. The van der Waals surface area contributed by atoms with Crippen LogP contribution in [-0.4, -0.2) is 58.5 Å². The first-order chi connectivity index (χ1) is 14.5. The van der Waals surface area contributed by atoms with Crippen molar-refractivity contribution in [2.75, 3.05) is 5.75 Å². The van der Waals surface area contributed by atoms with Crippen molar-refractivity contribution in [1.29, 1.82) is 0 Å². The van der Waals surface area contributed by atoms with E-state index in [0.717, 1.165) is 5.56 Å². The summed E-state index contributed by atoms with van der Waals surface area (Å²) in [7, 11) is 0. The third kappa shape index (κ3) is 8.58. The van der Waals surface area contributed by atoms with Crippen molar-refractivity contribution in [3.63, 3.8) is 0 Å². The lowest BCUT2D eigenvalue weighted by molar-refractivity contribution is -0.133. The van der Waals surface area contributed by atoms with Gasteiger partial charge in [0.05, 0.1) is 12.1 Å². The van der Waals surface area contributed by atoms with E-state index >= 15 is 0 Å². The van der Waals surface area contributed by atoms with Crippen LogP contribution in [0, 0.1) is 5.92 Å². The number of phenols is 1. The molecule has 0 aliphatic heterocycles. The van der Waals surface area contributed by atoms with E-state index in [0.29, 0.717) is 0 Å². The van der Waals surface area contributed by atoms with Crippen molar-refractivity contribution in [3.05, 3.63) is 29.8 Å². The Balaban J connectivity index is 2.76. The number of phenolic OH excluding ortho intramolecular Hbond substituents is 1. The van der Waals surface area contributed by atoms with Crippen LogP contribution < -0.4 is 21.7 Å². The number of carbonyl (C=O) groups excluding carboxylic acids is 4. The molecule has 0 aromatic heterocycles. The fourth-order valence-electron chi connectivity index (χ4n) is 2.66. The van der Waals surface area contributed by atoms with E-state index in [4.69, 9.17) is 5.73 Å². The Kier molecular flexibility index (Phi) is 10.5. The average molecular weight is 453 g/mol. The summed E-state index contributed by atoms with van der Waals surface area (Å²) in [6.45, 7) is 6.44. The summed E-state index contributed by atoms with van der Waals surface area (Å²) in [6, 6.07) is 2.88. The first kappa shape index (κ1) is 26.4. The molecular formula is C21H32N4O5S. The van der Waals surface area contributed by atoms with Crippen LogP contribution >= 0.6 is 12.6 Å². The Morgan fingerprint density at radius 2 is 1.39 bits per heavy atom. The highest BCUT2D eigenvalue weighted by Gasteiger charge is 2.27. The van der Waals surface area contributed by atoms with Gasteiger partial charge in [-0.2, -0.15) is 12.6 Å². The number of hydrogen-bond acceptors (Lipinski definition) is 7. The van der Waals surface area contributed by atoms with E-state index in [2.05, 4.69) is 28.6 Å². The van der Waals surface area contributed by atoms with Crippen LogP contribution in [0.5, 0.6) is 5.75 Å². The highest BCUT2D eigenvalue weighted by Crippen LogP contribution is 2.13. The van der Waals surface area contributed by atoms with Crippen molar-refractivity contribution < 1.29 is 24.3 Å². The maximum Gasteiger partial charge on any atom is 0.242 e. The smallest absolute Gasteiger partial charge is 0.242 e. The minimum atomic E-state index is -0.937. The van der Waals surface area contributed by atoms with Gasteiger partial charge in [0.15, 0.2) is 5.78 Å². The van der Waals surface area contributed by atoms with Crippen LogP contribution in [0.15, 0.2) is 24.3 Å². The summed E-state index contributed by atoms with van der Waals surface area (Å²) in [4.78, 5) is 49.3. The lowest BCUT2D eigenvalue weighted by atomic mass is 9.95. The number of hydrogen-bond donors (Lipinski definition) is 6. The highest BCUT2D eigenvalue weighted by atomic mass is 32.1. The molecule has 6 N–H and O–H groups in total. The van der Waals surface area contributed by atoms with Gasteiger partial charge in [0.2, 0.25) is 17.7 Å². The van der Waals surface area contributed by atoms with Crippen molar-refractivity contribution in [3.8, 4) is 5.75 Å². The zero-order chi connectivity index (χ0) is 23.7. The minimum absolute atomic E-state index is 0.104. The van der Waals surface area contributed by atoms with Crippen molar-refractivity contribution in [2.24, 2.45) is 11.7 Å². The third-order valence-corrected chi connectivity index (χ3v) is 5.04. The van der Waals surface area contributed by atoms with Gasteiger partial charge in [-0.25, -0.2) is 0 Å². The van der Waals surface area contributed by atoms with Crippen LogP contribution in [0.25, 0.3) is 0 Å². The molecule has 9 nitrogen and oxygen atoms in total. The summed E-state index contributed by atoms with van der Waals surface area (Å²) in [6.07, 6.45) is 0.248. The number of carbonyl (C=O) groups is 4. The second kappa shape index (κ2) is 12.3. The number of ketones is 1. The molecule has 0 radical (unpaired) electrons. The lowest BCUT2D eigenvalue weighted by Crippen LogP contribution is -2.56. The second-order valence-electron chi connectivity index (χ2n) is 7.74. The number of nitrogens with one attached hydrogen (secondary N) is 3. The number of nitrogens with two attached hydrogens (primary N) is 1. The van der Waals surface area contributed by atoms with Gasteiger partial charge in [0.25, 0.3) is 0 Å². The lowest BCUT2D eigenvalue weighted by Gasteiger charge is -2.23.